The van der Waals surface area contributed by atoms with E-state index in [9.17, 15) is 4.79 Å². The normalized spacial score (nSPS) is 9.63. The number of hydrogen-bond donors (Lipinski definition) is 2. The third-order valence-electron chi connectivity index (χ3n) is 2.51. The molecule has 0 spiro atoms. The van der Waals surface area contributed by atoms with Crippen LogP contribution in [0.1, 0.15) is 10.4 Å². The van der Waals surface area contributed by atoms with E-state index in [0.717, 1.165) is 10.6 Å². The van der Waals surface area contributed by atoms with Gasteiger partial charge in [-0.25, -0.2) is 0 Å². The van der Waals surface area contributed by atoms with E-state index in [1.165, 1.54) is 0 Å². The first-order valence-corrected chi connectivity index (χ1v) is 6.69. The molecule has 0 fully saturated rings. The van der Waals surface area contributed by atoms with Gasteiger partial charge < -0.3 is 10.6 Å². The number of hydrogen-bond acceptors (Lipinski definition) is 4. The Morgan fingerprint density at radius 1 is 1.26 bits per heavy atom. The lowest BCUT2D eigenvalue weighted by Gasteiger charge is -2.07. The summed E-state index contributed by atoms with van der Waals surface area (Å²) in [5.74, 6) is -0.0576. The van der Waals surface area contributed by atoms with Crippen molar-refractivity contribution in [2.24, 2.45) is 0 Å². The molecule has 0 aliphatic rings. The molecule has 0 bridgehead atoms. The molecule has 0 saturated carbocycles. The van der Waals surface area contributed by atoms with Crippen molar-refractivity contribution in [1.29, 1.82) is 5.26 Å². The van der Waals surface area contributed by atoms with E-state index in [1.54, 1.807) is 35.6 Å². The lowest BCUT2D eigenvalue weighted by atomic mass is 10.2. The summed E-state index contributed by atoms with van der Waals surface area (Å²) in [5, 5.41) is 16.5. The first kappa shape index (κ1) is 13.1. The molecule has 5 heteroatoms. The highest BCUT2D eigenvalue weighted by molar-refractivity contribution is 7.09. The van der Waals surface area contributed by atoms with Crippen LogP contribution in [0.25, 0.3) is 0 Å². The van der Waals surface area contributed by atoms with Crippen molar-refractivity contribution in [2.75, 3.05) is 11.9 Å². The number of amides is 1. The molecule has 2 rings (SSSR count). The van der Waals surface area contributed by atoms with Crippen LogP contribution in [-0.4, -0.2) is 12.5 Å². The van der Waals surface area contributed by atoms with Gasteiger partial charge in [0.15, 0.2) is 0 Å². The molecular formula is C14H13N3OS. The largest absolute Gasteiger partial charge is 0.376 e. The van der Waals surface area contributed by atoms with E-state index in [-0.39, 0.29) is 12.5 Å². The number of anilines is 1. The number of rotatable bonds is 5. The second kappa shape index (κ2) is 6.57. The predicted molar refractivity (Wildman–Crippen MR) is 75.8 cm³/mol. The molecule has 96 valence electrons. The van der Waals surface area contributed by atoms with E-state index in [0.29, 0.717) is 12.1 Å². The van der Waals surface area contributed by atoms with Gasteiger partial charge in [0.25, 0.3) is 0 Å². The summed E-state index contributed by atoms with van der Waals surface area (Å²) in [6, 6.07) is 13.0. The molecule has 0 aliphatic heterocycles. The minimum absolute atomic E-state index is 0.0576. The van der Waals surface area contributed by atoms with E-state index < -0.39 is 0 Å². The van der Waals surface area contributed by atoms with Crippen LogP contribution in [0.2, 0.25) is 0 Å². The number of nitriles is 1. The van der Waals surface area contributed by atoms with E-state index >= 15 is 0 Å². The van der Waals surface area contributed by atoms with Crippen LogP contribution in [0.15, 0.2) is 41.8 Å². The van der Waals surface area contributed by atoms with E-state index in [2.05, 4.69) is 10.6 Å². The molecule has 0 unspecified atom stereocenters. The summed E-state index contributed by atoms with van der Waals surface area (Å²) in [6.45, 7) is 0.781. The highest BCUT2D eigenvalue weighted by Gasteiger charge is 2.01. The van der Waals surface area contributed by atoms with Crippen LogP contribution >= 0.6 is 11.3 Å². The number of carbonyl (C=O) groups is 1. The van der Waals surface area contributed by atoms with Crippen molar-refractivity contribution in [1.82, 2.24) is 5.32 Å². The molecule has 1 aromatic heterocycles. The summed E-state index contributed by atoms with van der Waals surface area (Å²) in [6.07, 6.45) is 0. The molecule has 2 aromatic rings. The van der Waals surface area contributed by atoms with Gasteiger partial charge in [-0.3, -0.25) is 4.79 Å². The summed E-state index contributed by atoms with van der Waals surface area (Å²) >= 11 is 1.62. The van der Waals surface area contributed by atoms with Crippen molar-refractivity contribution in [3.05, 3.63) is 52.2 Å². The van der Waals surface area contributed by atoms with E-state index in [4.69, 9.17) is 5.26 Å². The van der Waals surface area contributed by atoms with Gasteiger partial charge in [-0.2, -0.15) is 5.26 Å². The van der Waals surface area contributed by atoms with Crippen molar-refractivity contribution in [3.8, 4) is 6.07 Å². The Hall–Kier alpha value is -2.32. The van der Waals surface area contributed by atoms with Gasteiger partial charge in [0.05, 0.1) is 24.7 Å². The van der Waals surface area contributed by atoms with Crippen molar-refractivity contribution in [3.63, 3.8) is 0 Å². The highest BCUT2D eigenvalue weighted by atomic mass is 32.1. The molecule has 1 aromatic carbocycles. The smallest absolute Gasteiger partial charge is 0.239 e. The first-order chi connectivity index (χ1) is 9.28. The second-order valence-electron chi connectivity index (χ2n) is 3.90. The average molecular weight is 271 g/mol. The average Bonchev–Trinajstić information content (AvgIpc) is 2.96. The summed E-state index contributed by atoms with van der Waals surface area (Å²) in [7, 11) is 0. The number of benzene rings is 1. The van der Waals surface area contributed by atoms with Crippen molar-refractivity contribution < 1.29 is 4.79 Å². The van der Waals surface area contributed by atoms with Gasteiger partial charge in [0.2, 0.25) is 5.91 Å². The zero-order valence-corrected chi connectivity index (χ0v) is 11.0. The Morgan fingerprint density at radius 2 is 2.05 bits per heavy atom. The molecule has 1 amide bonds. The van der Waals surface area contributed by atoms with Crippen molar-refractivity contribution in [2.45, 2.75) is 6.54 Å². The van der Waals surface area contributed by atoms with Crippen LogP contribution < -0.4 is 10.6 Å². The Balaban J connectivity index is 1.75. The van der Waals surface area contributed by atoms with Crippen LogP contribution in [-0.2, 0) is 11.3 Å². The Bertz CT molecular complexity index is 570. The first-order valence-electron chi connectivity index (χ1n) is 5.81. The van der Waals surface area contributed by atoms with Gasteiger partial charge in [-0.05, 0) is 35.7 Å². The minimum Gasteiger partial charge on any atom is -0.376 e. The summed E-state index contributed by atoms with van der Waals surface area (Å²) in [5.41, 5.74) is 1.43. The molecule has 2 N–H and O–H groups in total. The standard InChI is InChI=1S/C14H13N3OS/c15-8-11-3-5-12(6-4-11)16-10-14(18)17-9-13-2-1-7-19-13/h1-7,16H,9-10H2,(H,17,18). The quantitative estimate of drug-likeness (QED) is 0.877. The minimum atomic E-state index is -0.0576. The molecule has 0 saturated heterocycles. The zero-order valence-electron chi connectivity index (χ0n) is 10.2. The fourth-order valence-corrected chi connectivity index (χ4v) is 2.15. The molecule has 4 nitrogen and oxygen atoms in total. The number of nitrogens with one attached hydrogen (secondary N) is 2. The number of carbonyl (C=O) groups excluding carboxylic acids is 1. The molecule has 0 atom stereocenters. The van der Waals surface area contributed by atoms with Crippen LogP contribution in [0.5, 0.6) is 0 Å². The molecular weight excluding hydrogens is 258 g/mol. The SMILES string of the molecule is N#Cc1ccc(NCC(=O)NCc2cccs2)cc1. The van der Waals surface area contributed by atoms with Gasteiger partial charge in [0, 0.05) is 10.6 Å². The fourth-order valence-electron chi connectivity index (χ4n) is 1.51. The third kappa shape index (κ3) is 4.12. The maximum Gasteiger partial charge on any atom is 0.239 e. The predicted octanol–water partition coefficient (Wildman–Crippen LogP) is 2.35. The lowest BCUT2D eigenvalue weighted by molar-refractivity contribution is -0.119. The maximum absolute atomic E-state index is 11.6. The van der Waals surface area contributed by atoms with Gasteiger partial charge in [0.1, 0.15) is 0 Å². The summed E-state index contributed by atoms with van der Waals surface area (Å²) < 4.78 is 0. The summed E-state index contributed by atoms with van der Waals surface area (Å²) in [4.78, 5) is 12.7. The zero-order chi connectivity index (χ0) is 13.5. The van der Waals surface area contributed by atoms with Crippen LogP contribution in [0.3, 0.4) is 0 Å². The van der Waals surface area contributed by atoms with Crippen LogP contribution in [0, 0.1) is 11.3 Å². The lowest BCUT2D eigenvalue weighted by Crippen LogP contribution is -2.29. The topological polar surface area (TPSA) is 64.9 Å². The monoisotopic (exact) mass is 271 g/mol. The third-order valence-corrected chi connectivity index (χ3v) is 3.38. The van der Waals surface area contributed by atoms with Gasteiger partial charge in [-0.1, -0.05) is 6.07 Å². The number of nitrogens with zero attached hydrogens (tertiary/aromatic N) is 1. The Morgan fingerprint density at radius 3 is 2.68 bits per heavy atom. The van der Waals surface area contributed by atoms with Crippen molar-refractivity contribution >= 4 is 22.9 Å². The highest BCUT2D eigenvalue weighted by Crippen LogP contribution is 2.09. The molecule has 0 radical (unpaired) electrons. The molecule has 19 heavy (non-hydrogen) atoms. The van der Waals surface area contributed by atoms with E-state index in [1.807, 2.05) is 23.6 Å². The Labute approximate surface area is 115 Å². The van der Waals surface area contributed by atoms with Crippen LogP contribution in [0.4, 0.5) is 5.69 Å². The molecule has 1 heterocycles. The second-order valence-corrected chi connectivity index (χ2v) is 4.93. The number of thiophene rings is 1. The maximum atomic E-state index is 11.6. The fraction of sp³-hybridized carbons (Fsp3) is 0.143. The van der Waals surface area contributed by atoms with Gasteiger partial charge in [-0.15, -0.1) is 11.3 Å². The molecule has 0 aliphatic carbocycles. The van der Waals surface area contributed by atoms with Gasteiger partial charge >= 0.3 is 0 Å². The Kier molecular flexibility index (Phi) is 4.54.